The van der Waals surface area contributed by atoms with Gasteiger partial charge in [-0.2, -0.15) is 0 Å². The molecule has 1 amide bonds. The molecular formula is C13H19N3O3S. The van der Waals surface area contributed by atoms with Crippen LogP contribution in [-0.4, -0.2) is 34.5 Å². The van der Waals surface area contributed by atoms with Gasteiger partial charge in [-0.15, -0.1) is 0 Å². The second-order valence-electron chi connectivity index (χ2n) is 4.77. The van der Waals surface area contributed by atoms with Crippen molar-refractivity contribution in [2.75, 3.05) is 25.5 Å². The molecule has 2 rings (SSSR count). The first-order valence-electron chi connectivity index (χ1n) is 6.58. The van der Waals surface area contributed by atoms with Crippen LogP contribution in [0.4, 0.5) is 5.69 Å². The van der Waals surface area contributed by atoms with Gasteiger partial charge in [0.25, 0.3) is 0 Å². The number of nitrogens with one attached hydrogen (secondary N) is 3. The Kier molecular flexibility index (Phi) is 4.74. The number of benzene rings is 1. The largest absolute Gasteiger partial charge is 0.326 e. The van der Waals surface area contributed by atoms with Crippen molar-refractivity contribution in [3.8, 4) is 0 Å². The number of hydrogen-bond acceptors (Lipinski definition) is 4. The summed E-state index contributed by atoms with van der Waals surface area (Å²) in [6, 6.07) is 6.24. The van der Waals surface area contributed by atoms with Crippen LogP contribution in [0.2, 0.25) is 0 Å². The predicted octanol–water partition coefficient (Wildman–Crippen LogP) is 0.533. The number of anilines is 1. The summed E-state index contributed by atoms with van der Waals surface area (Å²) in [4.78, 5) is 12.2. The molecule has 6 nitrogen and oxygen atoms in total. The molecule has 1 aliphatic rings. The Morgan fingerprint density at radius 3 is 2.85 bits per heavy atom. The van der Waals surface area contributed by atoms with E-state index in [9.17, 15) is 13.2 Å². The third-order valence-electron chi connectivity index (χ3n) is 3.35. The molecule has 0 aromatic heterocycles. The molecule has 110 valence electrons. The molecule has 0 bridgehead atoms. The molecule has 1 heterocycles. The van der Waals surface area contributed by atoms with E-state index in [0.717, 1.165) is 19.4 Å². The lowest BCUT2D eigenvalue weighted by Gasteiger charge is -2.22. The summed E-state index contributed by atoms with van der Waals surface area (Å²) in [5.74, 6) is -0.135. The Balaban J connectivity index is 2.10. The van der Waals surface area contributed by atoms with E-state index in [1.807, 2.05) is 0 Å². The minimum Gasteiger partial charge on any atom is -0.326 e. The fraction of sp³-hybridized carbons (Fsp3) is 0.462. The summed E-state index contributed by atoms with van der Waals surface area (Å²) in [7, 11) is -2.14. The maximum Gasteiger partial charge on any atom is 0.240 e. The molecule has 7 heteroatoms. The molecule has 1 saturated heterocycles. The SMILES string of the molecule is CNS(=O)(=O)c1cccc(NC(=O)[C@@H]2CCCNC2)c1. The van der Waals surface area contributed by atoms with E-state index in [4.69, 9.17) is 0 Å². The summed E-state index contributed by atoms with van der Waals surface area (Å²) in [5.41, 5.74) is 0.497. The Hall–Kier alpha value is -1.44. The Bertz CT molecular complexity index is 580. The number of carbonyl (C=O) groups excluding carboxylic acids is 1. The van der Waals surface area contributed by atoms with Crippen LogP contribution in [0.3, 0.4) is 0 Å². The van der Waals surface area contributed by atoms with E-state index >= 15 is 0 Å². The van der Waals surface area contributed by atoms with E-state index < -0.39 is 10.0 Å². The Morgan fingerprint density at radius 2 is 2.20 bits per heavy atom. The number of carbonyl (C=O) groups is 1. The third-order valence-corrected chi connectivity index (χ3v) is 4.76. The predicted molar refractivity (Wildman–Crippen MR) is 76.9 cm³/mol. The molecule has 1 fully saturated rings. The van der Waals surface area contributed by atoms with E-state index in [1.165, 1.54) is 19.2 Å². The monoisotopic (exact) mass is 297 g/mol. The van der Waals surface area contributed by atoms with Crippen LogP contribution in [-0.2, 0) is 14.8 Å². The molecule has 20 heavy (non-hydrogen) atoms. The normalized spacial score (nSPS) is 19.6. The van der Waals surface area contributed by atoms with Gasteiger partial charge in [0.05, 0.1) is 10.8 Å². The second-order valence-corrected chi connectivity index (χ2v) is 6.65. The third kappa shape index (κ3) is 3.56. The van der Waals surface area contributed by atoms with Crippen molar-refractivity contribution in [3.05, 3.63) is 24.3 Å². The van der Waals surface area contributed by atoms with Crippen LogP contribution >= 0.6 is 0 Å². The van der Waals surface area contributed by atoms with Crippen molar-refractivity contribution in [1.82, 2.24) is 10.0 Å². The first kappa shape index (κ1) is 15.0. The van der Waals surface area contributed by atoms with Gasteiger partial charge in [-0.25, -0.2) is 13.1 Å². The zero-order valence-corrected chi connectivity index (χ0v) is 12.2. The molecule has 1 aromatic carbocycles. The van der Waals surface area contributed by atoms with Gasteiger partial charge < -0.3 is 10.6 Å². The number of piperidine rings is 1. The van der Waals surface area contributed by atoms with E-state index in [0.29, 0.717) is 12.2 Å². The minimum atomic E-state index is -3.49. The highest BCUT2D eigenvalue weighted by Crippen LogP contribution is 2.17. The molecule has 0 spiro atoms. The van der Waals surface area contributed by atoms with Gasteiger partial charge in [-0.1, -0.05) is 6.07 Å². The number of sulfonamides is 1. The lowest BCUT2D eigenvalue weighted by molar-refractivity contribution is -0.120. The molecule has 1 atom stereocenters. The summed E-state index contributed by atoms with van der Waals surface area (Å²) in [6.07, 6.45) is 1.83. The van der Waals surface area contributed by atoms with Gasteiger partial charge in [-0.3, -0.25) is 4.79 Å². The van der Waals surface area contributed by atoms with Crippen LogP contribution < -0.4 is 15.4 Å². The maximum absolute atomic E-state index is 12.1. The first-order valence-corrected chi connectivity index (χ1v) is 8.06. The molecule has 1 aromatic rings. The quantitative estimate of drug-likeness (QED) is 0.756. The van der Waals surface area contributed by atoms with Gasteiger partial charge in [0.1, 0.15) is 0 Å². The van der Waals surface area contributed by atoms with Crippen molar-refractivity contribution in [2.45, 2.75) is 17.7 Å². The van der Waals surface area contributed by atoms with Crippen molar-refractivity contribution in [1.29, 1.82) is 0 Å². The zero-order valence-electron chi connectivity index (χ0n) is 11.3. The fourth-order valence-corrected chi connectivity index (χ4v) is 2.95. The molecule has 0 aliphatic carbocycles. The lowest BCUT2D eigenvalue weighted by Crippen LogP contribution is -2.37. The first-order chi connectivity index (χ1) is 9.53. The molecule has 1 aliphatic heterocycles. The highest BCUT2D eigenvalue weighted by atomic mass is 32.2. The van der Waals surface area contributed by atoms with Crippen LogP contribution in [0.25, 0.3) is 0 Å². The van der Waals surface area contributed by atoms with E-state index in [1.54, 1.807) is 12.1 Å². The van der Waals surface area contributed by atoms with Crippen LogP contribution in [0, 0.1) is 5.92 Å². The van der Waals surface area contributed by atoms with Gasteiger partial charge in [0.15, 0.2) is 0 Å². The summed E-state index contributed by atoms with van der Waals surface area (Å²) < 4.78 is 25.7. The molecule has 0 radical (unpaired) electrons. The number of amides is 1. The van der Waals surface area contributed by atoms with Crippen molar-refractivity contribution >= 4 is 21.6 Å². The number of rotatable bonds is 4. The highest BCUT2D eigenvalue weighted by Gasteiger charge is 2.21. The molecule has 3 N–H and O–H groups in total. The average molecular weight is 297 g/mol. The summed E-state index contributed by atoms with van der Waals surface area (Å²) in [6.45, 7) is 1.61. The second kappa shape index (κ2) is 6.34. The molecule has 0 saturated carbocycles. The molecule has 0 unspecified atom stereocenters. The van der Waals surface area contributed by atoms with Gasteiger partial charge in [0.2, 0.25) is 15.9 Å². The molecular weight excluding hydrogens is 278 g/mol. The van der Waals surface area contributed by atoms with Gasteiger partial charge in [-0.05, 0) is 44.6 Å². The summed E-state index contributed by atoms with van der Waals surface area (Å²) in [5, 5.41) is 5.96. The summed E-state index contributed by atoms with van der Waals surface area (Å²) >= 11 is 0. The Labute approximate surface area is 119 Å². The fourth-order valence-electron chi connectivity index (χ4n) is 2.18. The zero-order chi connectivity index (χ0) is 14.6. The van der Waals surface area contributed by atoms with Crippen LogP contribution in [0.15, 0.2) is 29.2 Å². The van der Waals surface area contributed by atoms with E-state index in [2.05, 4.69) is 15.4 Å². The van der Waals surface area contributed by atoms with Crippen LogP contribution in [0.5, 0.6) is 0 Å². The minimum absolute atomic E-state index is 0.0617. The number of hydrogen-bond donors (Lipinski definition) is 3. The van der Waals surface area contributed by atoms with Crippen LogP contribution in [0.1, 0.15) is 12.8 Å². The smallest absolute Gasteiger partial charge is 0.240 e. The van der Waals surface area contributed by atoms with Crippen molar-refractivity contribution < 1.29 is 13.2 Å². The van der Waals surface area contributed by atoms with Crippen molar-refractivity contribution in [2.24, 2.45) is 5.92 Å². The van der Waals surface area contributed by atoms with Gasteiger partial charge >= 0.3 is 0 Å². The van der Waals surface area contributed by atoms with Gasteiger partial charge in [0, 0.05) is 12.2 Å². The van der Waals surface area contributed by atoms with Crippen molar-refractivity contribution in [3.63, 3.8) is 0 Å². The topological polar surface area (TPSA) is 87.3 Å². The highest BCUT2D eigenvalue weighted by molar-refractivity contribution is 7.89. The average Bonchev–Trinajstić information content (AvgIpc) is 2.48. The van der Waals surface area contributed by atoms with E-state index in [-0.39, 0.29) is 16.7 Å². The maximum atomic E-state index is 12.1. The lowest BCUT2D eigenvalue weighted by atomic mass is 9.99. The standard InChI is InChI=1S/C13H19N3O3S/c1-14-20(18,19)12-6-2-5-11(8-12)16-13(17)10-4-3-7-15-9-10/h2,5-6,8,10,14-15H,3-4,7,9H2,1H3,(H,16,17)/t10-/m1/s1. The Morgan fingerprint density at radius 1 is 1.40 bits per heavy atom.